The van der Waals surface area contributed by atoms with Crippen molar-refractivity contribution in [3.63, 3.8) is 0 Å². The highest BCUT2D eigenvalue weighted by molar-refractivity contribution is 5.83. The zero-order valence-electron chi connectivity index (χ0n) is 12.0. The standard InChI is InChI=1S/C13H12N4O6/c1-23-12(19)5-14-11(18)6-16-7-15-10-3-2-8(17(21)22)4-9(10)13(16)20/h2-4,7H,5-6H2,1H3,(H,14,18). The molecule has 0 fully saturated rings. The van der Waals surface area contributed by atoms with Crippen molar-refractivity contribution in [1.82, 2.24) is 14.9 Å². The van der Waals surface area contributed by atoms with Crippen LogP contribution < -0.4 is 10.9 Å². The van der Waals surface area contributed by atoms with Gasteiger partial charge in [-0.15, -0.1) is 0 Å². The molecule has 10 nitrogen and oxygen atoms in total. The van der Waals surface area contributed by atoms with Gasteiger partial charge in [0.2, 0.25) is 5.91 Å². The van der Waals surface area contributed by atoms with Gasteiger partial charge in [-0.1, -0.05) is 0 Å². The number of ether oxygens (including phenoxy) is 1. The molecule has 23 heavy (non-hydrogen) atoms. The lowest BCUT2D eigenvalue weighted by Gasteiger charge is -2.07. The maximum Gasteiger partial charge on any atom is 0.325 e. The fraction of sp³-hybridized carbons (Fsp3) is 0.231. The van der Waals surface area contributed by atoms with E-state index in [-0.39, 0.29) is 29.7 Å². The van der Waals surface area contributed by atoms with Crippen LogP contribution in [0.5, 0.6) is 0 Å². The Bertz CT molecular complexity index is 844. The molecular formula is C13H12N4O6. The number of fused-ring (bicyclic) bond motifs is 1. The zero-order chi connectivity index (χ0) is 17.0. The van der Waals surface area contributed by atoms with Crippen molar-refractivity contribution >= 4 is 28.5 Å². The quantitative estimate of drug-likeness (QED) is 0.450. The predicted octanol–water partition coefficient (Wildman–Crippen LogP) is -0.406. The molecule has 0 unspecified atom stereocenters. The highest BCUT2D eigenvalue weighted by Gasteiger charge is 2.13. The van der Waals surface area contributed by atoms with Gasteiger partial charge in [-0.05, 0) is 6.07 Å². The molecule has 2 aromatic rings. The molecule has 1 aromatic heterocycles. The number of benzene rings is 1. The van der Waals surface area contributed by atoms with E-state index in [4.69, 9.17) is 0 Å². The summed E-state index contributed by atoms with van der Waals surface area (Å²) >= 11 is 0. The van der Waals surface area contributed by atoms with Gasteiger partial charge in [0.1, 0.15) is 13.1 Å². The van der Waals surface area contributed by atoms with E-state index >= 15 is 0 Å². The summed E-state index contributed by atoms with van der Waals surface area (Å²) < 4.78 is 5.37. The predicted molar refractivity (Wildman–Crippen MR) is 77.7 cm³/mol. The second-order valence-corrected chi connectivity index (χ2v) is 4.49. The van der Waals surface area contributed by atoms with Crippen LogP contribution in [0.3, 0.4) is 0 Å². The van der Waals surface area contributed by atoms with E-state index in [1.807, 2.05) is 0 Å². The third-order valence-corrected chi connectivity index (χ3v) is 2.99. The normalized spacial score (nSPS) is 10.3. The molecule has 0 aliphatic heterocycles. The van der Waals surface area contributed by atoms with Gasteiger partial charge in [-0.25, -0.2) is 4.98 Å². The number of nitrogens with zero attached hydrogens (tertiary/aromatic N) is 3. The zero-order valence-corrected chi connectivity index (χ0v) is 12.0. The molecule has 10 heteroatoms. The molecule has 0 saturated carbocycles. The van der Waals surface area contributed by atoms with E-state index in [2.05, 4.69) is 15.0 Å². The van der Waals surface area contributed by atoms with Gasteiger partial charge in [0.05, 0.1) is 29.3 Å². The number of hydrogen-bond acceptors (Lipinski definition) is 7. The maximum atomic E-state index is 12.3. The summed E-state index contributed by atoms with van der Waals surface area (Å²) in [5, 5.41) is 13.1. The maximum absolute atomic E-state index is 12.3. The smallest absolute Gasteiger partial charge is 0.325 e. The lowest BCUT2D eigenvalue weighted by molar-refractivity contribution is -0.384. The van der Waals surface area contributed by atoms with Gasteiger partial charge in [0.25, 0.3) is 11.2 Å². The molecular weight excluding hydrogens is 308 g/mol. The van der Waals surface area contributed by atoms with E-state index in [9.17, 15) is 24.5 Å². The molecule has 0 atom stereocenters. The highest BCUT2D eigenvalue weighted by atomic mass is 16.6. The number of aromatic nitrogens is 2. The Morgan fingerprint density at radius 1 is 1.43 bits per heavy atom. The fourth-order valence-corrected chi connectivity index (χ4v) is 1.83. The number of carbonyl (C=O) groups excluding carboxylic acids is 2. The number of hydrogen-bond donors (Lipinski definition) is 1. The highest BCUT2D eigenvalue weighted by Crippen LogP contribution is 2.16. The average molecular weight is 320 g/mol. The van der Waals surface area contributed by atoms with Crippen LogP contribution in [0.2, 0.25) is 0 Å². The van der Waals surface area contributed by atoms with Gasteiger partial charge < -0.3 is 10.1 Å². The summed E-state index contributed by atoms with van der Waals surface area (Å²) in [5.41, 5.74) is -0.553. The Labute approximate surface area is 128 Å². The minimum atomic E-state index is -0.627. The first-order valence-electron chi connectivity index (χ1n) is 6.39. The fourth-order valence-electron chi connectivity index (χ4n) is 1.83. The van der Waals surface area contributed by atoms with Crippen molar-refractivity contribution in [2.45, 2.75) is 6.54 Å². The second kappa shape index (κ2) is 6.64. The molecule has 1 heterocycles. The molecule has 0 saturated heterocycles. The van der Waals surface area contributed by atoms with Crippen LogP contribution in [0.4, 0.5) is 5.69 Å². The summed E-state index contributed by atoms with van der Waals surface area (Å²) in [6, 6.07) is 3.70. The van der Waals surface area contributed by atoms with Gasteiger partial charge in [0.15, 0.2) is 0 Å². The third kappa shape index (κ3) is 3.67. The van der Waals surface area contributed by atoms with Crippen LogP contribution in [-0.2, 0) is 20.9 Å². The number of carbonyl (C=O) groups is 2. The number of rotatable bonds is 5. The molecule has 2 rings (SSSR count). The van der Waals surface area contributed by atoms with Crippen LogP contribution in [0, 0.1) is 10.1 Å². The molecule has 0 bridgehead atoms. The van der Waals surface area contributed by atoms with Gasteiger partial charge >= 0.3 is 5.97 Å². The monoisotopic (exact) mass is 320 g/mol. The lowest BCUT2D eigenvalue weighted by atomic mass is 10.2. The largest absolute Gasteiger partial charge is 0.468 e. The van der Waals surface area contributed by atoms with Crippen LogP contribution in [0.25, 0.3) is 10.9 Å². The van der Waals surface area contributed by atoms with Crippen molar-refractivity contribution in [2.75, 3.05) is 13.7 Å². The first kappa shape index (κ1) is 16.1. The molecule has 0 aliphatic carbocycles. The van der Waals surface area contributed by atoms with Crippen molar-refractivity contribution in [1.29, 1.82) is 0 Å². The topological polar surface area (TPSA) is 133 Å². The Kier molecular flexibility index (Phi) is 4.64. The molecule has 0 aliphatic rings. The number of methoxy groups -OCH3 is 1. The first-order chi connectivity index (χ1) is 10.9. The Hall–Kier alpha value is -3.30. The Morgan fingerprint density at radius 2 is 2.17 bits per heavy atom. The van der Waals surface area contributed by atoms with Crippen LogP contribution in [0.15, 0.2) is 29.3 Å². The summed E-state index contributed by atoms with van der Waals surface area (Å²) in [7, 11) is 1.18. The number of nitrogens with one attached hydrogen (secondary N) is 1. The second-order valence-electron chi connectivity index (χ2n) is 4.49. The number of non-ortho nitro benzene ring substituents is 1. The van der Waals surface area contributed by atoms with Crippen molar-refractivity contribution in [2.24, 2.45) is 0 Å². The summed E-state index contributed by atoms with van der Waals surface area (Å²) in [4.78, 5) is 49.0. The van der Waals surface area contributed by atoms with Crippen molar-refractivity contribution in [3.8, 4) is 0 Å². The number of esters is 1. The summed E-state index contributed by atoms with van der Waals surface area (Å²) in [6.07, 6.45) is 1.16. The summed E-state index contributed by atoms with van der Waals surface area (Å²) in [5.74, 6) is -1.22. The van der Waals surface area contributed by atoms with E-state index in [0.29, 0.717) is 0 Å². The van der Waals surface area contributed by atoms with Gasteiger partial charge in [0, 0.05) is 12.1 Å². The van der Waals surface area contributed by atoms with E-state index < -0.39 is 22.4 Å². The molecule has 0 radical (unpaired) electrons. The number of nitro groups is 1. The van der Waals surface area contributed by atoms with Gasteiger partial charge in [-0.3, -0.25) is 29.1 Å². The van der Waals surface area contributed by atoms with Crippen LogP contribution in [-0.4, -0.2) is 40.0 Å². The van der Waals surface area contributed by atoms with Crippen molar-refractivity contribution in [3.05, 3.63) is 45.0 Å². The first-order valence-corrected chi connectivity index (χ1v) is 6.39. The minimum absolute atomic E-state index is 0.0301. The SMILES string of the molecule is COC(=O)CNC(=O)Cn1cnc2ccc([N+](=O)[O-])cc2c1=O. The van der Waals surface area contributed by atoms with Crippen molar-refractivity contribution < 1.29 is 19.2 Å². The van der Waals surface area contributed by atoms with E-state index in [0.717, 1.165) is 17.0 Å². The van der Waals surface area contributed by atoms with Crippen LogP contribution in [0.1, 0.15) is 0 Å². The summed E-state index contributed by atoms with van der Waals surface area (Å²) in [6.45, 7) is -0.696. The van der Waals surface area contributed by atoms with Crippen LogP contribution >= 0.6 is 0 Å². The number of amides is 1. The van der Waals surface area contributed by atoms with E-state index in [1.165, 1.54) is 19.2 Å². The van der Waals surface area contributed by atoms with E-state index in [1.54, 1.807) is 0 Å². The number of nitro benzene ring substituents is 1. The molecule has 1 N–H and O–H groups in total. The Morgan fingerprint density at radius 3 is 2.83 bits per heavy atom. The molecule has 1 amide bonds. The minimum Gasteiger partial charge on any atom is -0.468 e. The average Bonchev–Trinajstić information content (AvgIpc) is 2.54. The Balaban J connectivity index is 2.26. The molecule has 1 aromatic carbocycles. The lowest BCUT2D eigenvalue weighted by Crippen LogP contribution is -2.35. The third-order valence-electron chi connectivity index (χ3n) is 2.99. The van der Waals surface area contributed by atoms with Gasteiger partial charge in [-0.2, -0.15) is 0 Å². The molecule has 0 spiro atoms. The molecule has 120 valence electrons.